The first-order valence-electron chi connectivity index (χ1n) is 13.1. The topological polar surface area (TPSA) is 92.4 Å². The van der Waals surface area contributed by atoms with Gasteiger partial charge in [-0.2, -0.15) is 9.97 Å². The fourth-order valence-corrected chi connectivity index (χ4v) is 6.53. The van der Waals surface area contributed by atoms with E-state index in [2.05, 4.69) is 32.1 Å². The summed E-state index contributed by atoms with van der Waals surface area (Å²) in [7, 11) is 2.10. The molecule has 0 spiro atoms. The van der Waals surface area contributed by atoms with Gasteiger partial charge in [0.1, 0.15) is 17.9 Å². The summed E-state index contributed by atoms with van der Waals surface area (Å²) in [5, 5.41) is 4.73. The average molecular weight is 556 g/mol. The zero-order valence-corrected chi connectivity index (χ0v) is 22.9. The molecule has 6 rings (SSSR count). The van der Waals surface area contributed by atoms with Crippen LogP contribution in [0.5, 0.6) is 6.01 Å². The molecule has 2 aromatic carbocycles. The largest absolute Gasteiger partial charge is 0.462 e. The molecule has 2 saturated heterocycles. The van der Waals surface area contributed by atoms with Crippen molar-refractivity contribution in [1.82, 2.24) is 25.2 Å². The summed E-state index contributed by atoms with van der Waals surface area (Å²) >= 11 is 8.17. The van der Waals surface area contributed by atoms with Gasteiger partial charge in [-0.15, -0.1) is 0 Å². The number of rotatable bonds is 5. The van der Waals surface area contributed by atoms with Crippen LogP contribution in [0.15, 0.2) is 24.3 Å². The summed E-state index contributed by atoms with van der Waals surface area (Å²) in [5.74, 6) is 0.155. The lowest BCUT2D eigenvalue weighted by molar-refractivity contribution is 0.188. The summed E-state index contributed by atoms with van der Waals surface area (Å²) in [6.07, 6.45) is 4.11. The van der Waals surface area contributed by atoms with E-state index in [1.165, 1.54) is 11.3 Å². The maximum absolute atomic E-state index is 16.5. The molecule has 200 valence electrons. The first kappa shape index (κ1) is 25.5. The predicted molar refractivity (Wildman–Crippen MR) is 153 cm³/mol. The van der Waals surface area contributed by atoms with Crippen molar-refractivity contribution in [2.45, 2.75) is 31.7 Å². The smallest absolute Gasteiger partial charge is 0.319 e. The molecular formula is C27H31ClFN7OS. The molecule has 2 fully saturated rings. The monoisotopic (exact) mass is 555 g/mol. The van der Waals surface area contributed by atoms with Crippen molar-refractivity contribution in [3.8, 4) is 17.1 Å². The van der Waals surface area contributed by atoms with Gasteiger partial charge in [0.25, 0.3) is 0 Å². The van der Waals surface area contributed by atoms with Crippen molar-refractivity contribution >= 4 is 55.0 Å². The molecule has 0 unspecified atom stereocenters. The van der Waals surface area contributed by atoms with Gasteiger partial charge in [-0.25, -0.2) is 9.37 Å². The maximum atomic E-state index is 16.5. The van der Waals surface area contributed by atoms with Crippen LogP contribution in [0.3, 0.4) is 0 Å². The SMILES string of the molecule is CN1CCC[C@H]1COc1nc(N2CCCNCCC2)c2cc(Cl)c(-c3cccc4sc(N)nc34)c(F)c2n1. The minimum Gasteiger partial charge on any atom is -0.462 e. The lowest BCUT2D eigenvalue weighted by atomic mass is 10.0. The molecule has 11 heteroatoms. The Labute approximate surface area is 230 Å². The molecular weight excluding hydrogens is 525 g/mol. The van der Waals surface area contributed by atoms with E-state index in [-0.39, 0.29) is 22.1 Å². The van der Waals surface area contributed by atoms with Crippen LogP contribution in [0.1, 0.15) is 25.7 Å². The number of fused-ring (bicyclic) bond motifs is 2. The number of ether oxygens (including phenoxy) is 1. The van der Waals surface area contributed by atoms with Crippen molar-refractivity contribution in [2.75, 3.05) is 57.0 Å². The van der Waals surface area contributed by atoms with Crippen LogP contribution in [0.4, 0.5) is 15.3 Å². The molecule has 2 aliphatic rings. The van der Waals surface area contributed by atoms with Crippen molar-refractivity contribution < 1.29 is 9.13 Å². The summed E-state index contributed by atoms with van der Waals surface area (Å²) in [5.41, 5.74) is 7.65. The number of anilines is 2. The van der Waals surface area contributed by atoms with Crippen LogP contribution in [0.25, 0.3) is 32.2 Å². The highest BCUT2D eigenvalue weighted by molar-refractivity contribution is 7.22. The Bertz CT molecular complexity index is 1470. The van der Waals surface area contributed by atoms with Gasteiger partial charge < -0.3 is 25.6 Å². The zero-order valence-electron chi connectivity index (χ0n) is 21.3. The van der Waals surface area contributed by atoms with Crippen LogP contribution in [-0.4, -0.2) is 72.3 Å². The third-order valence-electron chi connectivity index (χ3n) is 7.49. The number of halogens is 2. The number of nitrogen functional groups attached to an aromatic ring is 1. The maximum Gasteiger partial charge on any atom is 0.319 e. The van der Waals surface area contributed by atoms with E-state index in [9.17, 15) is 0 Å². The first-order valence-corrected chi connectivity index (χ1v) is 14.3. The van der Waals surface area contributed by atoms with E-state index in [1.807, 2.05) is 18.2 Å². The summed E-state index contributed by atoms with van der Waals surface area (Å²) in [6, 6.07) is 7.87. The second-order valence-electron chi connectivity index (χ2n) is 10.0. The van der Waals surface area contributed by atoms with Crippen molar-refractivity contribution in [2.24, 2.45) is 0 Å². The normalized spacial score (nSPS) is 19.2. The van der Waals surface area contributed by atoms with E-state index in [0.717, 1.165) is 63.1 Å². The number of thiazole rings is 1. The average Bonchev–Trinajstić information content (AvgIpc) is 3.47. The number of likely N-dealkylation sites (tertiary alicyclic amines) is 1. The van der Waals surface area contributed by atoms with Crippen LogP contribution in [0, 0.1) is 5.82 Å². The summed E-state index contributed by atoms with van der Waals surface area (Å²) < 4.78 is 23.5. The molecule has 4 aromatic rings. The molecule has 2 aliphatic heterocycles. The number of hydrogen-bond donors (Lipinski definition) is 2. The Hall–Kier alpha value is -2.79. The number of hydrogen-bond acceptors (Lipinski definition) is 9. The highest BCUT2D eigenvalue weighted by atomic mass is 35.5. The number of nitrogens with zero attached hydrogens (tertiary/aromatic N) is 5. The van der Waals surface area contributed by atoms with Gasteiger partial charge in [-0.1, -0.05) is 35.1 Å². The Morgan fingerprint density at radius 1 is 1.13 bits per heavy atom. The number of likely N-dealkylation sites (N-methyl/N-ethyl adjacent to an activating group) is 1. The second-order valence-corrected chi connectivity index (χ2v) is 11.5. The second kappa shape index (κ2) is 10.8. The molecule has 1 atom stereocenters. The lowest BCUT2D eigenvalue weighted by Crippen LogP contribution is -2.35. The van der Waals surface area contributed by atoms with Gasteiger partial charge in [0.05, 0.1) is 15.2 Å². The highest BCUT2D eigenvalue weighted by Crippen LogP contribution is 2.42. The summed E-state index contributed by atoms with van der Waals surface area (Å²) in [6.45, 7) is 4.95. The van der Waals surface area contributed by atoms with Gasteiger partial charge in [0.2, 0.25) is 0 Å². The Morgan fingerprint density at radius 3 is 2.71 bits per heavy atom. The molecule has 4 heterocycles. The van der Waals surface area contributed by atoms with Crippen molar-refractivity contribution in [1.29, 1.82) is 0 Å². The standard InChI is InChI=1S/C27H31ClFN7OS/c1-35-11-3-6-16(35)15-37-27-33-24-18(25(34-27)36-12-4-9-31-10-5-13-36)14-19(28)21(22(24)29)17-7-2-8-20-23(17)32-26(30)38-20/h2,7-8,14,16,31H,3-6,9-13,15H2,1H3,(H2,30,32)/t16-/m0/s1. The van der Waals surface area contributed by atoms with E-state index in [4.69, 9.17) is 27.1 Å². The fraction of sp³-hybridized carbons (Fsp3) is 0.444. The molecule has 0 aliphatic carbocycles. The Kier molecular flexibility index (Phi) is 7.22. The molecule has 0 saturated carbocycles. The number of aromatic nitrogens is 3. The number of nitrogens with two attached hydrogens (primary N) is 1. The number of nitrogens with one attached hydrogen (secondary N) is 1. The van der Waals surface area contributed by atoms with Gasteiger partial charge in [-0.05, 0) is 64.5 Å². The molecule has 8 nitrogen and oxygen atoms in total. The zero-order chi connectivity index (χ0) is 26.2. The minimum absolute atomic E-state index is 0.191. The number of benzene rings is 2. The summed E-state index contributed by atoms with van der Waals surface area (Å²) in [4.78, 5) is 18.4. The van der Waals surface area contributed by atoms with Crippen molar-refractivity contribution in [3.63, 3.8) is 0 Å². The van der Waals surface area contributed by atoms with E-state index in [0.29, 0.717) is 40.1 Å². The molecule has 0 amide bonds. The lowest BCUT2D eigenvalue weighted by Gasteiger charge is -2.28. The molecule has 38 heavy (non-hydrogen) atoms. The Balaban J connectivity index is 1.49. The predicted octanol–water partition coefficient (Wildman–Crippen LogP) is 4.94. The van der Waals surface area contributed by atoms with E-state index >= 15 is 4.39 Å². The van der Waals surface area contributed by atoms with Crippen LogP contribution in [-0.2, 0) is 0 Å². The minimum atomic E-state index is -0.508. The van der Waals surface area contributed by atoms with Gasteiger partial charge in [-0.3, -0.25) is 0 Å². The first-order chi connectivity index (χ1) is 18.5. The molecule has 3 N–H and O–H groups in total. The molecule has 0 radical (unpaired) electrons. The van der Waals surface area contributed by atoms with E-state index < -0.39 is 5.82 Å². The third-order valence-corrected chi connectivity index (χ3v) is 8.63. The van der Waals surface area contributed by atoms with Gasteiger partial charge in [0, 0.05) is 35.6 Å². The number of para-hydroxylation sites is 1. The van der Waals surface area contributed by atoms with E-state index in [1.54, 1.807) is 6.07 Å². The van der Waals surface area contributed by atoms with Crippen molar-refractivity contribution in [3.05, 3.63) is 35.1 Å². The molecule has 2 aromatic heterocycles. The Morgan fingerprint density at radius 2 is 1.95 bits per heavy atom. The highest BCUT2D eigenvalue weighted by Gasteiger charge is 2.26. The molecule has 0 bridgehead atoms. The van der Waals surface area contributed by atoms with Gasteiger partial charge >= 0.3 is 6.01 Å². The van der Waals surface area contributed by atoms with Crippen LogP contribution in [0.2, 0.25) is 5.02 Å². The van der Waals surface area contributed by atoms with Gasteiger partial charge in [0.15, 0.2) is 10.9 Å². The van der Waals surface area contributed by atoms with Crippen LogP contribution >= 0.6 is 22.9 Å². The third kappa shape index (κ3) is 4.86. The van der Waals surface area contributed by atoms with Crippen LogP contribution < -0.4 is 20.7 Å². The quantitative estimate of drug-likeness (QED) is 0.357. The fourth-order valence-electron chi connectivity index (χ4n) is 5.48.